The summed E-state index contributed by atoms with van der Waals surface area (Å²) in [6.07, 6.45) is 0. The Morgan fingerprint density at radius 3 is 2.53 bits per heavy atom. The van der Waals surface area contributed by atoms with Gasteiger partial charge in [-0.25, -0.2) is 0 Å². The van der Waals surface area contributed by atoms with Crippen molar-refractivity contribution in [2.75, 3.05) is 11.1 Å². The summed E-state index contributed by atoms with van der Waals surface area (Å²) in [4.78, 5) is 12.8. The lowest BCUT2D eigenvalue weighted by molar-refractivity contribution is -0.113. The normalized spacial score (nSPS) is 10.7. The molecule has 10 heteroatoms. The number of nitrogens with zero attached hydrogens (tertiary/aromatic N) is 6. The van der Waals surface area contributed by atoms with E-state index in [2.05, 4.69) is 26.9 Å². The number of amides is 1. The molecule has 0 bridgehead atoms. The smallest absolute Gasteiger partial charge is 0.236 e. The standard InChI is InChI=1S/C22H18ClN7OS/c1-14-15(2)29(17-6-4-3-5-7-17)21(19(14)12-24)25-20(31)13-32-22-26-27-28-30(22)18-10-8-16(23)9-11-18/h3-11H,13H2,1-2H3,(H,25,31). The molecule has 8 nitrogen and oxygen atoms in total. The highest BCUT2D eigenvalue weighted by molar-refractivity contribution is 7.99. The first-order chi connectivity index (χ1) is 15.5. The van der Waals surface area contributed by atoms with Gasteiger partial charge in [0.25, 0.3) is 0 Å². The second-order valence-electron chi connectivity index (χ2n) is 6.90. The molecule has 4 rings (SSSR count). The number of nitriles is 1. The van der Waals surface area contributed by atoms with Crippen LogP contribution >= 0.6 is 23.4 Å². The molecule has 2 heterocycles. The van der Waals surface area contributed by atoms with Crippen LogP contribution in [0.4, 0.5) is 5.82 Å². The Labute approximate surface area is 193 Å². The summed E-state index contributed by atoms with van der Waals surface area (Å²) in [5.74, 6) is 0.250. The van der Waals surface area contributed by atoms with Gasteiger partial charge in [-0.3, -0.25) is 9.36 Å². The zero-order valence-corrected chi connectivity index (χ0v) is 18.9. The molecule has 0 unspecified atom stereocenters. The maximum absolute atomic E-state index is 12.8. The van der Waals surface area contributed by atoms with Crippen molar-refractivity contribution in [3.63, 3.8) is 0 Å². The Morgan fingerprint density at radius 2 is 1.84 bits per heavy atom. The van der Waals surface area contributed by atoms with E-state index in [0.29, 0.717) is 21.6 Å². The molecule has 0 radical (unpaired) electrons. The van der Waals surface area contributed by atoms with Gasteiger partial charge in [0, 0.05) is 16.4 Å². The van der Waals surface area contributed by atoms with Gasteiger partial charge in [0.05, 0.1) is 17.0 Å². The highest BCUT2D eigenvalue weighted by atomic mass is 35.5. The molecule has 0 spiro atoms. The third kappa shape index (κ3) is 4.23. The number of hydrogen-bond donors (Lipinski definition) is 1. The van der Waals surface area contributed by atoms with Crippen LogP contribution in [0.15, 0.2) is 59.8 Å². The maximum Gasteiger partial charge on any atom is 0.236 e. The molecule has 2 aromatic carbocycles. The van der Waals surface area contributed by atoms with E-state index < -0.39 is 0 Å². The molecular formula is C22H18ClN7OS. The number of para-hydroxylation sites is 1. The van der Waals surface area contributed by atoms with Crippen molar-refractivity contribution in [1.29, 1.82) is 5.26 Å². The first-order valence-corrected chi connectivity index (χ1v) is 11.0. The minimum atomic E-state index is -0.271. The number of nitrogens with one attached hydrogen (secondary N) is 1. The van der Waals surface area contributed by atoms with Gasteiger partial charge in [-0.15, -0.1) is 5.10 Å². The topological polar surface area (TPSA) is 101 Å². The van der Waals surface area contributed by atoms with Crippen molar-refractivity contribution >= 4 is 35.1 Å². The molecule has 0 aliphatic rings. The van der Waals surface area contributed by atoms with Gasteiger partial charge in [0.15, 0.2) is 0 Å². The zero-order valence-electron chi connectivity index (χ0n) is 17.3. The molecule has 0 fully saturated rings. The number of aromatic nitrogens is 5. The van der Waals surface area contributed by atoms with E-state index >= 15 is 0 Å². The number of carbonyl (C=O) groups is 1. The molecule has 4 aromatic rings. The van der Waals surface area contributed by atoms with Gasteiger partial charge in [-0.1, -0.05) is 41.6 Å². The quantitative estimate of drug-likeness (QED) is 0.427. The van der Waals surface area contributed by atoms with Crippen molar-refractivity contribution in [2.24, 2.45) is 0 Å². The fourth-order valence-electron chi connectivity index (χ4n) is 3.27. The Kier molecular flexibility index (Phi) is 6.25. The highest BCUT2D eigenvalue weighted by Gasteiger charge is 2.21. The highest BCUT2D eigenvalue weighted by Crippen LogP contribution is 2.30. The van der Waals surface area contributed by atoms with E-state index in [4.69, 9.17) is 11.6 Å². The molecule has 1 amide bonds. The molecule has 0 aliphatic heterocycles. The number of benzene rings is 2. The lowest BCUT2D eigenvalue weighted by Gasteiger charge is -2.13. The number of hydrogen-bond acceptors (Lipinski definition) is 6. The van der Waals surface area contributed by atoms with E-state index in [0.717, 1.165) is 22.6 Å². The fraction of sp³-hybridized carbons (Fsp3) is 0.136. The number of halogens is 1. The molecule has 0 saturated carbocycles. The minimum Gasteiger partial charge on any atom is -0.310 e. The summed E-state index contributed by atoms with van der Waals surface area (Å²) >= 11 is 7.14. The Hall–Kier alpha value is -3.61. The van der Waals surface area contributed by atoms with Gasteiger partial charge in [0.2, 0.25) is 11.1 Å². The fourth-order valence-corrected chi connectivity index (χ4v) is 4.09. The van der Waals surface area contributed by atoms with Crippen LogP contribution in [-0.2, 0) is 4.79 Å². The third-order valence-corrected chi connectivity index (χ3v) is 6.11. The van der Waals surface area contributed by atoms with Crippen molar-refractivity contribution in [3.8, 4) is 17.4 Å². The zero-order chi connectivity index (χ0) is 22.7. The first-order valence-electron chi connectivity index (χ1n) is 9.64. The summed E-state index contributed by atoms with van der Waals surface area (Å²) in [6.45, 7) is 3.80. The number of tetrazole rings is 1. The molecule has 1 N–H and O–H groups in total. The Balaban J connectivity index is 1.55. The predicted octanol–water partition coefficient (Wildman–Crippen LogP) is 4.33. The Morgan fingerprint density at radius 1 is 1.12 bits per heavy atom. The van der Waals surface area contributed by atoms with Crippen LogP contribution in [0.2, 0.25) is 5.02 Å². The van der Waals surface area contributed by atoms with Crippen molar-refractivity contribution in [3.05, 3.63) is 76.4 Å². The SMILES string of the molecule is Cc1c(C#N)c(NC(=O)CSc2nnnn2-c2ccc(Cl)cc2)n(-c2ccccc2)c1C. The van der Waals surface area contributed by atoms with Gasteiger partial charge in [-0.05, 0) is 66.2 Å². The average molecular weight is 464 g/mol. The lowest BCUT2D eigenvalue weighted by Crippen LogP contribution is -2.18. The van der Waals surface area contributed by atoms with Crippen LogP contribution in [0.1, 0.15) is 16.8 Å². The molecule has 0 atom stereocenters. The van der Waals surface area contributed by atoms with Crippen molar-refractivity contribution < 1.29 is 4.79 Å². The summed E-state index contributed by atoms with van der Waals surface area (Å²) in [7, 11) is 0. The average Bonchev–Trinajstić information content (AvgIpc) is 3.36. The van der Waals surface area contributed by atoms with Crippen molar-refractivity contribution in [2.45, 2.75) is 19.0 Å². The van der Waals surface area contributed by atoms with E-state index in [1.807, 2.05) is 48.7 Å². The molecule has 32 heavy (non-hydrogen) atoms. The van der Waals surface area contributed by atoms with Gasteiger partial charge < -0.3 is 5.32 Å². The van der Waals surface area contributed by atoms with Crippen LogP contribution in [-0.4, -0.2) is 36.4 Å². The summed E-state index contributed by atoms with van der Waals surface area (Å²) in [6, 6.07) is 18.9. The molecular weight excluding hydrogens is 446 g/mol. The van der Waals surface area contributed by atoms with Crippen molar-refractivity contribution in [1.82, 2.24) is 24.8 Å². The van der Waals surface area contributed by atoms with Gasteiger partial charge in [-0.2, -0.15) is 9.94 Å². The van der Waals surface area contributed by atoms with Crippen LogP contribution < -0.4 is 5.32 Å². The molecule has 0 saturated heterocycles. The van der Waals surface area contributed by atoms with Crippen LogP contribution in [0.25, 0.3) is 11.4 Å². The summed E-state index contributed by atoms with van der Waals surface area (Å²) in [5.41, 5.74) is 3.76. The minimum absolute atomic E-state index is 0.0664. The third-order valence-electron chi connectivity index (χ3n) is 4.94. The van der Waals surface area contributed by atoms with E-state index in [9.17, 15) is 10.1 Å². The summed E-state index contributed by atoms with van der Waals surface area (Å²) in [5, 5.41) is 25.4. The predicted molar refractivity (Wildman–Crippen MR) is 123 cm³/mol. The number of carbonyl (C=O) groups excluding carboxylic acids is 1. The second-order valence-corrected chi connectivity index (χ2v) is 8.28. The first kappa shape index (κ1) is 21.6. The van der Waals surface area contributed by atoms with E-state index in [1.165, 1.54) is 16.4 Å². The maximum atomic E-state index is 12.8. The lowest BCUT2D eigenvalue weighted by atomic mass is 10.2. The van der Waals surface area contributed by atoms with Crippen LogP contribution in [0, 0.1) is 25.2 Å². The molecule has 2 aromatic heterocycles. The second kappa shape index (κ2) is 9.26. The number of rotatable bonds is 6. The van der Waals surface area contributed by atoms with Crippen LogP contribution in [0.5, 0.6) is 0 Å². The van der Waals surface area contributed by atoms with Crippen LogP contribution in [0.3, 0.4) is 0 Å². The Bertz CT molecular complexity index is 1310. The summed E-state index contributed by atoms with van der Waals surface area (Å²) < 4.78 is 3.42. The number of thioether (sulfide) groups is 1. The van der Waals surface area contributed by atoms with Gasteiger partial charge in [0.1, 0.15) is 11.9 Å². The monoisotopic (exact) mass is 463 g/mol. The molecule has 160 valence electrons. The van der Waals surface area contributed by atoms with E-state index in [-0.39, 0.29) is 11.7 Å². The number of anilines is 1. The largest absolute Gasteiger partial charge is 0.310 e. The molecule has 0 aliphatic carbocycles. The van der Waals surface area contributed by atoms with Gasteiger partial charge >= 0.3 is 0 Å². The van der Waals surface area contributed by atoms with E-state index in [1.54, 1.807) is 24.3 Å².